The van der Waals surface area contributed by atoms with E-state index in [0.717, 1.165) is 21.7 Å². The Morgan fingerprint density at radius 3 is 2.38 bits per heavy atom. The number of hydrogen-bond donors (Lipinski definition) is 0. The summed E-state index contributed by atoms with van der Waals surface area (Å²) in [6.45, 7) is 0. The molecule has 0 aliphatic rings. The monoisotopic (exact) mass is 453 g/mol. The highest BCUT2D eigenvalue weighted by atomic mass is 79.9. The molecular weight excluding hydrogens is 434 g/mol. The molecule has 0 aliphatic carbocycles. The summed E-state index contributed by atoms with van der Waals surface area (Å²) in [4.78, 5) is 5.77. The summed E-state index contributed by atoms with van der Waals surface area (Å²) in [6, 6.07) is 16.7. The minimum absolute atomic E-state index is 0. The molecule has 0 amide bonds. The maximum Gasteiger partial charge on any atom is 0.242 e. The van der Waals surface area contributed by atoms with E-state index in [1.807, 2.05) is 53.4 Å². The first-order valence-electron chi connectivity index (χ1n) is 7.67. The summed E-state index contributed by atoms with van der Waals surface area (Å²) >= 11 is 1.52. The van der Waals surface area contributed by atoms with Crippen molar-refractivity contribution >= 4 is 44.0 Å². The van der Waals surface area contributed by atoms with Crippen LogP contribution in [-0.2, 0) is 17.1 Å². The second-order valence-corrected chi connectivity index (χ2v) is 8.71. The summed E-state index contributed by atoms with van der Waals surface area (Å²) in [5, 5.41) is 1.99. The second-order valence-electron chi connectivity index (χ2n) is 5.73. The molecule has 0 atom stereocenters. The van der Waals surface area contributed by atoms with Crippen molar-refractivity contribution in [3.8, 4) is 11.3 Å². The molecule has 5 nitrogen and oxygen atoms in total. The lowest BCUT2D eigenvalue weighted by Crippen LogP contribution is -2.22. The van der Waals surface area contributed by atoms with E-state index in [1.165, 1.54) is 29.7 Å². The van der Waals surface area contributed by atoms with Gasteiger partial charge in [0.2, 0.25) is 10.0 Å². The second kappa shape index (κ2) is 8.30. The van der Waals surface area contributed by atoms with Gasteiger partial charge in [-0.15, -0.1) is 28.3 Å². The molecule has 138 valence electrons. The molecule has 8 heteroatoms. The smallest absolute Gasteiger partial charge is 0.242 e. The lowest BCUT2D eigenvalue weighted by Gasteiger charge is -2.12. The zero-order chi connectivity index (χ0) is 18.0. The Balaban J connectivity index is 0.00000243. The van der Waals surface area contributed by atoms with Gasteiger partial charge in [-0.05, 0) is 24.3 Å². The predicted molar refractivity (Wildman–Crippen MR) is 112 cm³/mol. The van der Waals surface area contributed by atoms with Gasteiger partial charge in [-0.25, -0.2) is 17.7 Å². The van der Waals surface area contributed by atoms with Gasteiger partial charge in [-0.3, -0.25) is 0 Å². The molecule has 3 rings (SSSR count). The van der Waals surface area contributed by atoms with Crippen LogP contribution in [0.25, 0.3) is 11.3 Å². The number of aromatic nitrogens is 1. The van der Waals surface area contributed by atoms with E-state index in [-0.39, 0.29) is 21.9 Å². The van der Waals surface area contributed by atoms with Crippen molar-refractivity contribution in [1.82, 2.24) is 8.87 Å². The molecule has 0 radical (unpaired) electrons. The number of benzene rings is 2. The third-order valence-electron chi connectivity index (χ3n) is 3.81. The Labute approximate surface area is 168 Å². The third-order valence-corrected chi connectivity index (χ3v) is 6.54. The van der Waals surface area contributed by atoms with Gasteiger partial charge < -0.3 is 4.57 Å². The number of para-hydroxylation sites is 1. The normalized spacial score (nSPS) is 12.2. The molecule has 3 aromatic rings. The van der Waals surface area contributed by atoms with Crippen molar-refractivity contribution < 1.29 is 8.42 Å². The van der Waals surface area contributed by atoms with Crippen LogP contribution < -0.4 is 4.80 Å². The lowest BCUT2D eigenvalue weighted by molar-refractivity contribution is 0.521. The molecule has 0 fully saturated rings. The number of halogens is 1. The van der Waals surface area contributed by atoms with Crippen molar-refractivity contribution in [2.45, 2.75) is 4.90 Å². The summed E-state index contributed by atoms with van der Waals surface area (Å²) < 4.78 is 27.9. The minimum Gasteiger partial charge on any atom is -0.320 e. The Morgan fingerprint density at radius 1 is 1.04 bits per heavy atom. The largest absolute Gasteiger partial charge is 0.320 e. The fourth-order valence-corrected chi connectivity index (χ4v) is 4.25. The van der Waals surface area contributed by atoms with Crippen molar-refractivity contribution in [3.63, 3.8) is 0 Å². The molecule has 0 N–H and O–H groups in total. The summed E-state index contributed by atoms with van der Waals surface area (Å²) in [6.07, 6.45) is 0. The molecule has 1 aromatic heterocycles. The van der Waals surface area contributed by atoms with Gasteiger partial charge in [0.15, 0.2) is 4.80 Å². The zero-order valence-electron chi connectivity index (χ0n) is 14.7. The maximum absolute atomic E-state index is 12.4. The Morgan fingerprint density at radius 2 is 1.73 bits per heavy atom. The van der Waals surface area contributed by atoms with Crippen LogP contribution in [-0.4, -0.2) is 31.4 Å². The molecule has 1 heterocycles. The number of sulfonamides is 1. The highest BCUT2D eigenvalue weighted by molar-refractivity contribution is 8.93. The predicted octanol–water partition coefficient (Wildman–Crippen LogP) is 3.81. The third kappa shape index (κ3) is 4.15. The van der Waals surface area contributed by atoms with Crippen molar-refractivity contribution in [2.75, 3.05) is 14.1 Å². The Bertz CT molecular complexity index is 1060. The standard InChI is InChI=1S/C18H19N3O2S2.BrH/c1-20(2)25(22,23)16-11-7-8-14(12-16)17-13-24-18(21(17)3)19-15-9-5-4-6-10-15;/h4-13H,1-3H3;1H. The molecule has 0 bridgehead atoms. The highest BCUT2D eigenvalue weighted by Crippen LogP contribution is 2.24. The summed E-state index contributed by atoms with van der Waals surface area (Å²) in [7, 11) is 1.54. The van der Waals surface area contributed by atoms with Gasteiger partial charge >= 0.3 is 0 Å². The molecule has 0 aliphatic heterocycles. The van der Waals surface area contributed by atoms with Crippen LogP contribution in [0.4, 0.5) is 5.69 Å². The number of rotatable bonds is 4. The first kappa shape index (κ1) is 20.6. The van der Waals surface area contributed by atoms with E-state index in [1.54, 1.807) is 18.2 Å². The summed E-state index contributed by atoms with van der Waals surface area (Å²) in [5.41, 5.74) is 2.65. The van der Waals surface area contributed by atoms with Gasteiger partial charge in [0.1, 0.15) is 0 Å². The van der Waals surface area contributed by atoms with Gasteiger partial charge in [-0.1, -0.05) is 30.3 Å². The van der Waals surface area contributed by atoms with Crippen LogP contribution in [0.1, 0.15) is 0 Å². The molecule has 0 saturated heterocycles. The van der Waals surface area contributed by atoms with Crippen LogP contribution >= 0.6 is 28.3 Å². The molecule has 26 heavy (non-hydrogen) atoms. The molecule has 0 spiro atoms. The molecule has 0 unspecified atom stereocenters. The van der Waals surface area contributed by atoms with Crippen LogP contribution in [0.2, 0.25) is 0 Å². The highest BCUT2D eigenvalue weighted by Gasteiger charge is 2.18. The van der Waals surface area contributed by atoms with Crippen molar-refractivity contribution in [1.29, 1.82) is 0 Å². The van der Waals surface area contributed by atoms with E-state index < -0.39 is 10.0 Å². The van der Waals surface area contributed by atoms with Gasteiger partial charge in [0.05, 0.1) is 16.3 Å². The molecule has 0 saturated carbocycles. The van der Waals surface area contributed by atoms with Crippen LogP contribution in [0.15, 0.2) is 69.9 Å². The van der Waals surface area contributed by atoms with Gasteiger partial charge in [0, 0.05) is 32.1 Å². The Hall–Kier alpha value is -1.74. The minimum atomic E-state index is -3.46. The van der Waals surface area contributed by atoms with Gasteiger partial charge in [0.25, 0.3) is 0 Å². The zero-order valence-corrected chi connectivity index (χ0v) is 18.0. The quantitative estimate of drug-likeness (QED) is 0.602. The van der Waals surface area contributed by atoms with Crippen molar-refractivity contribution in [3.05, 3.63) is 64.8 Å². The SMILES string of the molecule is Br.CN(C)S(=O)(=O)c1cccc(-c2csc(=Nc3ccccc3)n2C)c1. The number of nitrogens with zero attached hydrogens (tertiary/aromatic N) is 3. The van der Waals surface area contributed by atoms with E-state index in [9.17, 15) is 8.42 Å². The van der Waals surface area contributed by atoms with Crippen molar-refractivity contribution in [2.24, 2.45) is 12.0 Å². The van der Waals surface area contributed by atoms with Crippen LogP contribution in [0, 0.1) is 0 Å². The lowest BCUT2D eigenvalue weighted by atomic mass is 10.2. The average molecular weight is 454 g/mol. The van der Waals surface area contributed by atoms with Gasteiger partial charge in [-0.2, -0.15) is 0 Å². The molecular formula is C18H20BrN3O2S2. The van der Waals surface area contributed by atoms with E-state index in [0.29, 0.717) is 0 Å². The fourth-order valence-electron chi connectivity index (χ4n) is 2.37. The summed E-state index contributed by atoms with van der Waals surface area (Å²) in [5.74, 6) is 0. The van der Waals surface area contributed by atoms with Crippen LogP contribution in [0.3, 0.4) is 0 Å². The van der Waals surface area contributed by atoms with E-state index >= 15 is 0 Å². The molecule has 2 aromatic carbocycles. The topological polar surface area (TPSA) is 54.7 Å². The van der Waals surface area contributed by atoms with Crippen LogP contribution in [0.5, 0.6) is 0 Å². The Kier molecular flexibility index (Phi) is 6.57. The first-order chi connectivity index (χ1) is 11.9. The number of thiazole rings is 1. The van der Waals surface area contributed by atoms with E-state index in [4.69, 9.17) is 0 Å². The number of hydrogen-bond acceptors (Lipinski definition) is 4. The van der Waals surface area contributed by atoms with E-state index in [2.05, 4.69) is 4.99 Å². The average Bonchev–Trinajstić information content (AvgIpc) is 2.96. The fraction of sp³-hybridized carbons (Fsp3) is 0.167. The maximum atomic E-state index is 12.4. The first-order valence-corrected chi connectivity index (χ1v) is 9.99.